The van der Waals surface area contributed by atoms with E-state index in [4.69, 9.17) is 0 Å². The van der Waals surface area contributed by atoms with Crippen LogP contribution in [0.4, 0.5) is 4.79 Å². The number of rotatable bonds is 8. The maximum absolute atomic E-state index is 14.4. The highest BCUT2D eigenvalue weighted by atomic mass is 32.2. The first-order chi connectivity index (χ1) is 24.1. The number of carbonyl (C=O) groups is 4. The van der Waals surface area contributed by atoms with E-state index in [0.29, 0.717) is 45.1 Å². The summed E-state index contributed by atoms with van der Waals surface area (Å²) < 4.78 is 27.8. The molecule has 5 amide bonds. The second kappa shape index (κ2) is 14.6. The molecular weight excluding hydrogens is 659 g/mol. The zero-order chi connectivity index (χ0) is 34.9. The topological polar surface area (TPSA) is 169 Å². The minimum atomic E-state index is -3.84. The molecule has 6 aliphatic rings. The molecular formula is C36H51N7O6S. The van der Waals surface area contributed by atoms with Crippen molar-refractivity contribution in [3.05, 3.63) is 47.5 Å². The molecule has 5 N–H and O–H groups in total. The molecule has 0 spiro atoms. The molecule has 0 unspecified atom stereocenters. The van der Waals surface area contributed by atoms with Crippen molar-refractivity contribution in [2.24, 2.45) is 5.92 Å². The lowest BCUT2D eigenvalue weighted by Gasteiger charge is -2.30. The summed E-state index contributed by atoms with van der Waals surface area (Å²) in [7, 11) is -3.84. The second-order valence-corrected chi connectivity index (χ2v) is 17.1. The lowest BCUT2D eigenvalue weighted by atomic mass is 10.0. The van der Waals surface area contributed by atoms with Crippen LogP contribution >= 0.6 is 0 Å². The molecule has 7 rings (SSSR count). The van der Waals surface area contributed by atoms with Crippen molar-refractivity contribution in [1.29, 1.82) is 0 Å². The van der Waals surface area contributed by atoms with Gasteiger partial charge in [-0.25, -0.2) is 13.2 Å². The van der Waals surface area contributed by atoms with Crippen molar-refractivity contribution in [1.82, 2.24) is 35.8 Å². The summed E-state index contributed by atoms with van der Waals surface area (Å²) in [5.74, 6) is -1.82. The number of nitrogens with one attached hydrogen (secondary N) is 5. The fraction of sp³-hybridized carbons (Fsp3) is 0.667. The number of sulfonamides is 1. The zero-order valence-electron chi connectivity index (χ0n) is 28.7. The Kier molecular flexibility index (Phi) is 10.2. The first kappa shape index (κ1) is 34.9. The molecule has 3 aliphatic heterocycles. The van der Waals surface area contributed by atoms with E-state index in [9.17, 15) is 27.6 Å². The van der Waals surface area contributed by atoms with Crippen molar-refractivity contribution >= 4 is 33.8 Å². The van der Waals surface area contributed by atoms with E-state index >= 15 is 0 Å². The van der Waals surface area contributed by atoms with Gasteiger partial charge in [0.05, 0.1) is 17.3 Å². The molecule has 0 bridgehead atoms. The van der Waals surface area contributed by atoms with Crippen LogP contribution in [0.1, 0.15) is 94.6 Å². The van der Waals surface area contributed by atoms with Gasteiger partial charge in [0.15, 0.2) is 0 Å². The highest BCUT2D eigenvalue weighted by Crippen LogP contribution is 2.46. The maximum Gasteiger partial charge on any atom is 0.318 e. The highest BCUT2D eigenvalue weighted by molar-refractivity contribution is 7.91. The number of benzene rings is 1. The van der Waals surface area contributed by atoms with Gasteiger partial charge in [-0.05, 0) is 68.9 Å². The van der Waals surface area contributed by atoms with Crippen molar-refractivity contribution in [2.45, 2.75) is 132 Å². The van der Waals surface area contributed by atoms with Gasteiger partial charge in [0.1, 0.15) is 11.6 Å². The van der Waals surface area contributed by atoms with Gasteiger partial charge in [0, 0.05) is 38.3 Å². The maximum atomic E-state index is 14.4. The molecule has 3 aliphatic carbocycles. The number of fused-ring (bicyclic) bond motifs is 3. The molecule has 0 aromatic heterocycles. The van der Waals surface area contributed by atoms with Crippen molar-refractivity contribution in [3.63, 3.8) is 0 Å². The summed E-state index contributed by atoms with van der Waals surface area (Å²) in [6.07, 6.45) is 14.1. The summed E-state index contributed by atoms with van der Waals surface area (Å²) in [5.41, 5.74) is 0.768. The molecule has 50 heavy (non-hydrogen) atoms. The summed E-state index contributed by atoms with van der Waals surface area (Å²) in [4.78, 5) is 59.1. The standard InChI is InChI=1S/C36H51N7O6S/c44-32-31-18-28(39-35(47)42-20-24-10-6-7-11-25(24)21-42)22-43(31)33(45)30(38-23-37-27-13-8-9-14-27)15-5-3-1-2-4-12-26-19-36(26,40-32)34(46)41-50(48,49)29-16-17-29/h4,6-7,10-12,26-31,37-38H,1-3,5,8-9,13-23H2,(H,39,47)(H,40,44)(H,41,46)/b12-4-/t26-,28-,30+,31+,36-/m1/s1. The molecule has 3 heterocycles. The Bertz CT molecular complexity index is 1580. The molecule has 1 aromatic rings. The predicted molar refractivity (Wildman–Crippen MR) is 187 cm³/mol. The van der Waals surface area contributed by atoms with Gasteiger partial charge < -0.3 is 25.8 Å². The molecule has 3 saturated carbocycles. The minimum Gasteiger partial charge on any atom is -0.339 e. The monoisotopic (exact) mass is 709 g/mol. The molecule has 5 atom stereocenters. The summed E-state index contributed by atoms with van der Waals surface area (Å²) in [5, 5.41) is 12.4. The number of hydrogen-bond acceptors (Lipinski definition) is 8. The summed E-state index contributed by atoms with van der Waals surface area (Å²) in [6, 6.07) is 6.12. The van der Waals surface area contributed by atoms with Crippen LogP contribution in [0.25, 0.3) is 0 Å². The number of urea groups is 1. The van der Waals surface area contributed by atoms with Crippen LogP contribution in [0.2, 0.25) is 0 Å². The third kappa shape index (κ3) is 7.71. The predicted octanol–water partition coefficient (Wildman–Crippen LogP) is 2.13. The van der Waals surface area contributed by atoms with Crippen LogP contribution in [0.15, 0.2) is 36.4 Å². The van der Waals surface area contributed by atoms with E-state index in [1.807, 2.05) is 36.4 Å². The first-order valence-corrected chi connectivity index (χ1v) is 20.1. The van der Waals surface area contributed by atoms with Gasteiger partial charge >= 0.3 is 6.03 Å². The minimum absolute atomic E-state index is 0.149. The Hall–Kier alpha value is -3.49. The van der Waals surface area contributed by atoms with Gasteiger partial charge in [0.25, 0.3) is 5.91 Å². The molecule has 13 nitrogen and oxygen atoms in total. The molecule has 0 radical (unpaired) electrons. The van der Waals surface area contributed by atoms with E-state index in [1.165, 1.54) is 12.8 Å². The summed E-state index contributed by atoms with van der Waals surface area (Å²) in [6.45, 7) is 1.59. The van der Waals surface area contributed by atoms with Crippen LogP contribution in [0, 0.1) is 5.92 Å². The van der Waals surface area contributed by atoms with Crippen molar-refractivity contribution < 1.29 is 27.6 Å². The van der Waals surface area contributed by atoms with Gasteiger partial charge in [-0.2, -0.15) is 0 Å². The van der Waals surface area contributed by atoms with Gasteiger partial charge in [-0.15, -0.1) is 0 Å². The van der Waals surface area contributed by atoms with E-state index < -0.39 is 50.8 Å². The average molecular weight is 710 g/mol. The Morgan fingerprint density at radius 2 is 1.62 bits per heavy atom. The van der Waals surface area contributed by atoms with Crippen LogP contribution in [-0.2, 0) is 37.5 Å². The van der Waals surface area contributed by atoms with Crippen molar-refractivity contribution in [2.75, 3.05) is 13.2 Å². The molecule has 4 fully saturated rings. The highest BCUT2D eigenvalue weighted by Gasteiger charge is 2.62. The zero-order valence-corrected chi connectivity index (χ0v) is 29.5. The van der Waals surface area contributed by atoms with Crippen LogP contribution < -0.4 is 26.0 Å². The Balaban J connectivity index is 1.10. The Morgan fingerprint density at radius 3 is 2.34 bits per heavy atom. The largest absolute Gasteiger partial charge is 0.339 e. The van der Waals surface area contributed by atoms with E-state index in [-0.39, 0.29) is 37.2 Å². The average Bonchev–Trinajstić information content (AvgIpc) is 3.87. The van der Waals surface area contributed by atoms with Crippen LogP contribution in [0.3, 0.4) is 0 Å². The fourth-order valence-electron chi connectivity index (χ4n) is 8.16. The molecule has 1 aromatic carbocycles. The van der Waals surface area contributed by atoms with E-state index in [0.717, 1.165) is 49.7 Å². The van der Waals surface area contributed by atoms with E-state index in [2.05, 4.69) is 26.0 Å². The Labute approximate surface area is 294 Å². The van der Waals surface area contributed by atoms with Crippen LogP contribution in [-0.4, -0.2) is 90.1 Å². The molecule has 272 valence electrons. The smallest absolute Gasteiger partial charge is 0.318 e. The van der Waals surface area contributed by atoms with Crippen molar-refractivity contribution in [3.8, 4) is 0 Å². The summed E-state index contributed by atoms with van der Waals surface area (Å²) >= 11 is 0. The number of amides is 5. The van der Waals surface area contributed by atoms with Gasteiger partial charge in [-0.3, -0.25) is 24.4 Å². The SMILES string of the molecule is O=C1N[C@]2(C(=O)NS(=O)(=O)C3CC3)C[C@H]2/C=C\CCCCC[C@H](NCNC2CCCC2)C(=O)N2C[C@H](NC(=O)N3Cc4ccccc4C3)C[C@@H]12. The molecule has 14 heteroatoms. The third-order valence-electron chi connectivity index (χ3n) is 11.4. The third-order valence-corrected chi connectivity index (χ3v) is 13.3. The van der Waals surface area contributed by atoms with Gasteiger partial charge in [-0.1, -0.05) is 62.1 Å². The Morgan fingerprint density at radius 1 is 0.900 bits per heavy atom. The molecule has 1 saturated heterocycles. The first-order valence-electron chi connectivity index (χ1n) is 18.6. The number of carbonyl (C=O) groups excluding carboxylic acids is 4. The number of nitrogens with zero attached hydrogens (tertiary/aromatic N) is 2. The number of hydrogen-bond donors (Lipinski definition) is 5. The van der Waals surface area contributed by atoms with E-state index in [1.54, 1.807) is 9.80 Å². The lowest BCUT2D eigenvalue weighted by Crippen LogP contribution is -2.58. The van der Waals surface area contributed by atoms with Crippen LogP contribution in [0.5, 0.6) is 0 Å². The fourth-order valence-corrected chi connectivity index (χ4v) is 9.52. The second-order valence-electron chi connectivity index (χ2n) is 15.1. The lowest BCUT2D eigenvalue weighted by molar-refractivity contribution is -0.141. The van der Waals surface area contributed by atoms with Gasteiger partial charge in [0.2, 0.25) is 21.8 Å². The quantitative estimate of drug-likeness (QED) is 0.202. The number of allylic oxidation sites excluding steroid dienone is 1. The normalized spacial score (nSPS) is 31.1.